The Morgan fingerprint density at radius 1 is 1.47 bits per heavy atom. The van der Waals surface area contributed by atoms with Crippen LogP contribution in [0.25, 0.3) is 0 Å². The molecule has 96 valence electrons. The number of nitrogens with zero attached hydrogens (tertiary/aromatic N) is 2. The minimum Gasteiger partial charge on any atom is -0.480 e. The number of rotatable bonds is 2. The van der Waals surface area contributed by atoms with Crippen LogP contribution in [-0.2, 0) is 9.53 Å². The van der Waals surface area contributed by atoms with Crippen molar-refractivity contribution in [3.05, 3.63) is 0 Å². The summed E-state index contributed by atoms with van der Waals surface area (Å²) < 4.78 is 5.16. The minimum absolute atomic E-state index is 0.233. The van der Waals surface area contributed by atoms with E-state index < -0.39 is 23.7 Å². The van der Waals surface area contributed by atoms with Gasteiger partial charge in [0.25, 0.3) is 0 Å². The van der Waals surface area contributed by atoms with Crippen molar-refractivity contribution in [3.8, 4) is 0 Å². The van der Waals surface area contributed by atoms with Gasteiger partial charge in [-0.25, -0.2) is 9.59 Å². The molecule has 6 heteroatoms. The molecule has 1 N–H and O–H groups in total. The Labute approximate surface area is 100 Å². The lowest BCUT2D eigenvalue weighted by Crippen LogP contribution is -2.43. The van der Waals surface area contributed by atoms with Gasteiger partial charge < -0.3 is 9.84 Å². The number of amides is 1. The normalized spacial score (nSPS) is 24.5. The van der Waals surface area contributed by atoms with E-state index in [-0.39, 0.29) is 19.0 Å². The number of carbonyl (C=O) groups is 2. The van der Waals surface area contributed by atoms with Gasteiger partial charge in [0.1, 0.15) is 11.6 Å². The molecule has 1 heterocycles. The van der Waals surface area contributed by atoms with Crippen LogP contribution in [0.3, 0.4) is 0 Å². The average Bonchev–Trinajstić information content (AvgIpc) is 2.58. The molecule has 17 heavy (non-hydrogen) atoms. The molecule has 6 nitrogen and oxygen atoms in total. The van der Waals surface area contributed by atoms with Crippen molar-refractivity contribution in [2.45, 2.75) is 44.9 Å². The molecule has 0 unspecified atom stereocenters. The summed E-state index contributed by atoms with van der Waals surface area (Å²) in [6.45, 7) is 8.84. The highest BCUT2D eigenvalue weighted by molar-refractivity contribution is 5.81. The maximum Gasteiger partial charge on any atom is 0.411 e. The van der Waals surface area contributed by atoms with Gasteiger partial charge in [-0.2, -0.15) is 0 Å². The fraction of sp³-hybridized carbons (Fsp3) is 0.727. The number of carbonyl (C=O) groups excluding carboxylic acids is 1. The fourth-order valence-electron chi connectivity index (χ4n) is 1.70. The molecule has 0 spiro atoms. The first-order valence-corrected chi connectivity index (χ1v) is 5.43. The van der Waals surface area contributed by atoms with Gasteiger partial charge in [0, 0.05) is 13.0 Å². The van der Waals surface area contributed by atoms with Gasteiger partial charge in [-0.15, -0.1) is 0 Å². The van der Waals surface area contributed by atoms with Crippen molar-refractivity contribution in [1.82, 2.24) is 4.90 Å². The van der Waals surface area contributed by atoms with Crippen LogP contribution in [0.2, 0.25) is 0 Å². The van der Waals surface area contributed by atoms with Crippen molar-refractivity contribution in [1.29, 1.82) is 0 Å². The zero-order valence-electron chi connectivity index (χ0n) is 10.3. The first-order valence-electron chi connectivity index (χ1n) is 5.43. The van der Waals surface area contributed by atoms with E-state index in [2.05, 4.69) is 11.7 Å². The summed E-state index contributed by atoms with van der Waals surface area (Å²) in [4.78, 5) is 27.8. The molecule has 0 bridgehead atoms. The van der Waals surface area contributed by atoms with E-state index >= 15 is 0 Å². The van der Waals surface area contributed by atoms with Crippen LogP contribution < -0.4 is 0 Å². The average molecular weight is 242 g/mol. The van der Waals surface area contributed by atoms with Crippen molar-refractivity contribution in [2.24, 2.45) is 4.99 Å². The van der Waals surface area contributed by atoms with E-state index in [0.29, 0.717) is 0 Å². The first-order chi connectivity index (χ1) is 7.74. The highest BCUT2D eigenvalue weighted by Gasteiger charge is 2.41. The number of hydrogen-bond acceptors (Lipinski definition) is 4. The summed E-state index contributed by atoms with van der Waals surface area (Å²) in [6.07, 6.45) is -0.325. The molecule has 0 aromatic heterocycles. The summed E-state index contributed by atoms with van der Waals surface area (Å²) in [5, 5.41) is 9.03. The molecule has 0 aromatic rings. The van der Waals surface area contributed by atoms with Crippen LogP contribution in [0, 0.1) is 0 Å². The Hall–Kier alpha value is -1.59. The Balaban J connectivity index is 2.77. The topological polar surface area (TPSA) is 79.2 Å². The molecule has 1 amide bonds. The summed E-state index contributed by atoms with van der Waals surface area (Å²) in [6, 6.07) is -1.11. The van der Waals surface area contributed by atoms with Crippen molar-refractivity contribution in [2.75, 3.05) is 6.54 Å². The highest BCUT2D eigenvalue weighted by Crippen LogP contribution is 2.23. The zero-order chi connectivity index (χ0) is 13.2. The molecule has 0 aliphatic carbocycles. The zero-order valence-corrected chi connectivity index (χ0v) is 10.3. The molecule has 2 atom stereocenters. The van der Waals surface area contributed by atoms with Gasteiger partial charge >= 0.3 is 12.1 Å². The standard InChI is InChI=1S/C11H18N2O4/c1-11(2,3)17-10(16)13-6-7(12-4)5-8(13)9(14)15/h7-8H,4-6H2,1-3H3,(H,14,15)/t7-,8+/m1/s1. The maximum atomic E-state index is 11.8. The van der Waals surface area contributed by atoms with Gasteiger partial charge in [0.15, 0.2) is 0 Å². The second-order valence-electron chi connectivity index (χ2n) is 5.06. The van der Waals surface area contributed by atoms with E-state index in [4.69, 9.17) is 9.84 Å². The van der Waals surface area contributed by atoms with Crippen LogP contribution in [0.5, 0.6) is 0 Å². The number of carboxylic acids is 1. The smallest absolute Gasteiger partial charge is 0.411 e. The van der Waals surface area contributed by atoms with Crippen LogP contribution in [0.1, 0.15) is 27.2 Å². The quantitative estimate of drug-likeness (QED) is 0.737. The predicted octanol–water partition coefficient (Wildman–Crippen LogP) is 1.15. The monoisotopic (exact) mass is 242 g/mol. The van der Waals surface area contributed by atoms with Crippen LogP contribution in [-0.4, -0.2) is 53.0 Å². The van der Waals surface area contributed by atoms with Gasteiger partial charge in [-0.05, 0) is 27.5 Å². The lowest BCUT2D eigenvalue weighted by molar-refractivity contribution is -0.142. The molecule has 0 radical (unpaired) electrons. The summed E-state index contributed by atoms with van der Waals surface area (Å²) >= 11 is 0. The largest absolute Gasteiger partial charge is 0.480 e. The summed E-state index contributed by atoms with van der Waals surface area (Å²) in [5.41, 5.74) is -0.639. The fourth-order valence-corrected chi connectivity index (χ4v) is 1.70. The number of aliphatic carboxylic acids is 1. The van der Waals surface area contributed by atoms with Crippen molar-refractivity contribution in [3.63, 3.8) is 0 Å². The van der Waals surface area contributed by atoms with E-state index in [9.17, 15) is 9.59 Å². The highest BCUT2D eigenvalue weighted by atomic mass is 16.6. The number of carboxylic acid groups (broad SMARTS) is 1. The van der Waals surface area contributed by atoms with Gasteiger partial charge in [0.2, 0.25) is 0 Å². The molecule has 1 saturated heterocycles. The molecule has 0 saturated carbocycles. The van der Waals surface area contributed by atoms with E-state index in [1.807, 2.05) is 0 Å². The van der Waals surface area contributed by atoms with Crippen LogP contribution in [0.4, 0.5) is 4.79 Å². The third-order valence-corrected chi connectivity index (χ3v) is 2.45. The first kappa shape index (κ1) is 13.5. The third kappa shape index (κ3) is 3.44. The van der Waals surface area contributed by atoms with Crippen molar-refractivity contribution < 1.29 is 19.4 Å². The molecule has 0 aromatic carbocycles. The number of likely N-dealkylation sites (tertiary alicyclic amines) is 1. The number of hydrogen-bond donors (Lipinski definition) is 1. The molecular formula is C11H18N2O4. The minimum atomic E-state index is -1.04. The second kappa shape index (κ2) is 4.73. The Kier molecular flexibility index (Phi) is 3.75. The lowest BCUT2D eigenvalue weighted by Gasteiger charge is -2.26. The number of aliphatic imine (C=N–C) groups is 1. The lowest BCUT2D eigenvalue weighted by atomic mass is 10.2. The van der Waals surface area contributed by atoms with Crippen molar-refractivity contribution >= 4 is 18.8 Å². The Morgan fingerprint density at radius 2 is 2.06 bits per heavy atom. The van der Waals surface area contributed by atoms with Gasteiger partial charge in [-0.3, -0.25) is 9.89 Å². The molecule has 1 aliphatic rings. The van der Waals surface area contributed by atoms with E-state index in [1.165, 1.54) is 4.90 Å². The second-order valence-corrected chi connectivity index (χ2v) is 5.06. The van der Waals surface area contributed by atoms with E-state index in [1.54, 1.807) is 20.8 Å². The summed E-state index contributed by atoms with van der Waals surface area (Å²) in [7, 11) is 0. The Morgan fingerprint density at radius 3 is 2.47 bits per heavy atom. The van der Waals surface area contributed by atoms with Crippen LogP contribution in [0.15, 0.2) is 4.99 Å². The Bertz CT molecular complexity index is 335. The van der Waals surface area contributed by atoms with E-state index in [0.717, 1.165) is 0 Å². The third-order valence-electron chi connectivity index (χ3n) is 2.45. The molecule has 1 fully saturated rings. The van der Waals surface area contributed by atoms with Gasteiger partial charge in [-0.1, -0.05) is 0 Å². The predicted molar refractivity (Wildman–Crippen MR) is 62.3 cm³/mol. The SMILES string of the molecule is C=N[C@@H]1C[C@@H](C(=O)O)N(C(=O)OC(C)(C)C)C1. The maximum absolute atomic E-state index is 11.8. The number of ether oxygens (including phenoxy) is 1. The molecule has 1 rings (SSSR count). The molecule has 1 aliphatic heterocycles. The van der Waals surface area contributed by atoms with Gasteiger partial charge in [0.05, 0.1) is 6.04 Å². The van der Waals surface area contributed by atoms with Crippen LogP contribution >= 0.6 is 0 Å². The molecular weight excluding hydrogens is 224 g/mol. The summed E-state index contributed by atoms with van der Waals surface area (Å²) in [5.74, 6) is -1.04.